The first-order valence-electron chi connectivity index (χ1n) is 10.4. The second-order valence-corrected chi connectivity index (χ2v) is 7.85. The topological polar surface area (TPSA) is 83.8 Å². The van der Waals surface area contributed by atoms with E-state index in [1.807, 2.05) is 29.2 Å². The van der Waals surface area contributed by atoms with Gasteiger partial charge in [0.05, 0.1) is 17.0 Å². The van der Waals surface area contributed by atoms with Crippen LogP contribution in [0.5, 0.6) is 0 Å². The number of nitro groups is 1. The molecule has 0 spiro atoms. The molecule has 0 unspecified atom stereocenters. The number of anilines is 1. The molecular weight excluding hydrogens is 425 g/mol. The van der Waals surface area contributed by atoms with Crippen molar-refractivity contribution in [2.45, 2.75) is 13.0 Å². The molecule has 0 aliphatic carbocycles. The Hall–Kier alpha value is -4.33. The molecule has 0 radical (unpaired) electrons. The molecule has 2 amide bonds. The minimum atomic E-state index is -0.559. The van der Waals surface area contributed by atoms with Gasteiger partial charge in [-0.1, -0.05) is 36.4 Å². The Balaban J connectivity index is 1.61. The molecular formula is C25H18FN3O4. The van der Waals surface area contributed by atoms with Gasteiger partial charge in [-0.05, 0) is 41.8 Å². The molecule has 2 aliphatic rings. The second kappa shape index (κ2) is 7.98. The third-order valence-electron chi connectivity index (χ3n) is 5.95. The third kappa shape index (κ3) is 3.45. The van der Waals surface area contributed by atoms with Crippen LogP contribution in [0.3, 0.4) is 0 Å². The number of fused-ring (bicyclic) bond motifs is 1. The number of carbonyl (C=O) groups excluding carboxylic acids is 2. The lowest BCUT2D eigenvalue weighted by molar-refractivity contribution is -0.384. The Morgan fingerprint density at radius 2 is 1.61 bits per heavy atom. The predicted molar refractivity (Wildman–Crippen MR) is 119 cm³/mol. The number of hydrogen-bond acceptors (Lipinski definition) is 5. The summed E-state index contributed by atoms with van der Waals surface area (Å²) in [4.78, 5) is 40.4. The molecule has 0 aromatic heterocycles. The van der Waals surface area contributed by atoms with Crippen LogP contribution in [0.25, 0.3) is 5.57 Å². The molecule has 8 heteroatoms. The van der Waals surface area contributed by atoms with E-state index in [0.29, 0.717) is 18.5 Å². The molecule has 164 valence electrons. The van der Waals surface area contributed by atoms with Gasteiger partial charge in [-0.15, -0.1) is 0 Å². The molecule has 0 bridgehead atoms. The summed E-state index contributed by atoms with van der Waals surface area (Å²) in [6.45, 7) is 0.303. The van der Waals surface area contributed by atoms with Crippen LogP contribution in [0.2, 0.25) is 0 Å². The number of nitrogens with zero attached hydrogens (tertiary/aromatic N) is 3. The van der Waals surface area contributed by atoms with Crippen molar-refractivity contribution in [3.63, 3.8) is 0 Å². The van der Waals surface area contributed by atoms with Gasteiger partial charge in [0.25, 0.3) is 17.5 Å². The zero-order valence-corrected chi connectivity index (χ0v) is 17.4. The van der Waals surface area contributed by atoms with Crippen molar-refractivity contribution in [1.29, 1.82) is 0 Å². The number of nitro benzene ring substituents is 1. The van der Waals surface area contributed by atoms with Crippen molar-refractivity contribution in [3.8, 4) is 0 Å². The van der Waals surface area contributed by atoms with Gasteiger partial charge in [0.15, 0.2) is 0 Å². The largest absolute Gasteiger partial charge is 0.336 e. The lowest BCUT2D eigenvalue weighted by Crippen LogP contribution is -2.34. The van der Waals surface area contributed by atoms with Crippen LogP contribution in [-0.4, -0.2) is 28.2 Å². The Morgan fingerprint density at radius 1 is 0.909 bits per heavy atom. The first-order chi connectivity index (χ1) is 16.0. The minimum Gasteiger partial charge on any atom is -0.336 e. The molecule has 5 rings (SSSR count). The van der Waals surface area contributed by atoms with Gasteiger partial charge in [-0.2, -0.15) is 0 Å². The molecule has 0 saturated heterocycles. The van der Waals surface area contributed by atoms with E-state index in [1.54, 1.807) is 12.1 Å². The summed E-state index contributed by atoms with van der Waals surface area (Å²) >= 11 is 0. The van der Waals surface area contributed by atoms with Crippen LogP contribution in [0.4, 0.5) is 15.8 Å². The van der Waals surface area contributed by atoms with Gasteiger partial charge in [-0.25, -0.2) is 4.39 Å². The first kappa shape index (κ1) is 20.6. The maximum atomic E-state index is 14.3. The summed E-state index contributed by atoms with van der Waals surface area (Å²) < 4.78 is 14.3. The summed E-state index contributed by atoms with van der Waals surface area (Å²) in [7, 11) is 0. The van der Waals surface area contributed by atoms with Gasteiger partial charge in [0.1, 0.15) is 11.5 Å². The Labute approximate surface area is 188 Å². The van der Waals surface area contributed by atoms with Gasteiger partial charge in [0, 0.05) is 29.9 Å². The average Bonchev–Trinajstić information content (AvgIpc) is 3.34. The van der Waals surface area contributed by atoms with E-state index in [0.717, 1.165) is 16.2 Å². The van der Waals surface area contributed by atoms with E-state index in [9.17, 15) is 24.1 Å². The SMILES string of the molecule is O=C1C(c2ccc([N+](=O)[O-])cc2)=C(N2CCc3ccccc32)C(=O)N1Cc1ccccc1F. The second-order valence-electron chi connectivity index (χ2n) is 7.85. The van der Waals surface area contributed by atoms with Gasteiger partial charge in [-0.3, -0.25) is 24.6 Å². The number of amides is 2. The van der Waals surface area contributed by atoms with Crippen LogP contribution in [0, 0.1) is 15.9 Å². The van der Waals surface area contributed by atoms with E-state index in [1.165, 1.54) is 36.4 Å². The molecule has 3 aromatic rings. The molecule has 0 N–H and O–H groups in total. The summed E-state index contributed by atoms with van der Waals surface area (Å²) in [6, 6.07) is 19.2. The van der Waals surface area contributed by atoms with Crippen LogP contribution < -0.4 is 4.90 Å². The van der Waals surface area contributed by atoms with Crippen molar-refractivity contribution in [2.24, 2.45) is 0 Å². The summed E-state index contributed by atoms with van der Waals surface area (Å²) in [5.74, 6) is -1.58. The van der Waals surface area contributed by atoms with Crippen LogP contribution >= 0.6 is 0 Å². The van der Waals surface area contributed by atoms with Crippen molar-refractivity contribution in [1.82, 2.24) is 4.90 Å². The number of imide groups is 1. The van der Waals surface area contributed by atoms with Crippen molar-refractivity contribution >= 4 is 28.8 Å². The fourth-order valence-corrected chi connectivity index (χ4v) is 4.33. The Kier molecular flexibility index (Phi) is 4.97. The van der Waals surface area contributed by atoms with E-state index in [2.05, 4.69) is 0 Å². The smallest absolute Gasteiger partial charge is 0.278 e. The number of halogens is 1. The monoisotopic (exact) mass is 443 g/mol. The maximum Gasteiger partial charge on any atom is 0.278 e. The molecule has 33 heavy (non-hydrogen) atoms. The minimum absolute atomic E-state index is 0.118. The Morgan fingerprint density at radius 3 is 2.33 bits per heavy atom. The normalized spacial score (nSPS) is 15.4. The number of rotatable bonds is 5. The maximum absolute atomic E-state index is 14.3. The summed E-state index contributed by atoms with van der Waals surface area (Å²) in [6.07, 6.45) is 0.710. The molecule has 2 aliphatic heterocycles. The van der Waals surface area contributed by atoms with E-state index in [4.69, 9.17) is 0 Å². The summed E-state index contributed by atoms with van der Waals surface area (Å²) in [5, 5.41) is 11.1. The third-order valence-corrected chi connectivity index (χ3v) is 5.95. The first-order valence-corrected chi connectivity index (χ1v) is 10.4. The fourth-order valence-electron chi connectivity index (χ4n) is 4.33. The highest BCUT2D eigenvalue weighted by atomic mass is 19.1. The van der Waals surface area contributed by atoms with E-state index in [-0.39, 0.29) is 29.1 Å². The molecule has 0 atom stereocenters. The summed E-state index contributed by atoms with van der Waals surface area (Å²) in [5.41, 5.74) is 2.76. The molecule has 0 fully saturated rings. The highest BCUT2D eigenvalue weighted by Gasteiger charge is 2.43. The van der Waals surface area contributed by atoms with Gasteiger partial charge >= 0.3 is 0 Å². The number of para-hydroxylation sites is 1. The van der Waals surface area contributed by atoms with Crippen molar-refractivity contribution < 1.29 is 18.9 Å². The average molecular weight is 443 g/mol. The number of non-ortho nitro benzene ring substituents is 1. The number of benzene rings is 3. The van der Waals surface area contributed by atoms with E-state index >= 15 is 0 Å². The van der Waals surface area contributed by atoms with Crippen molar-refractivity contribution in [2.75, 3.05) is 11.4 Å². The lowest BCUT2D eigenvalue weighted by Gasteiger charge is -2.22. The molecule has 7 nitrogen and oxygen atoms in total. The van der Waals surface area contributed by atoms with Crippen molar-refractivity contribution in [3.05, 3.63) is 111 Å². The quantitative estimate of drug-likeness (QED) is 0.337. The van der Waals surface area contributed by atoms with Gasteiger partial charge in [0.2, 0.25) is 0 Å². The zero-order chi connectivity index (χ0) is 23.1. The van der Waals surface area contributed by atoms with Crippen LogP contribution in [0.1, 0.15) is 16.7 Å². The zero-order valence-electron chi connectivity index (χ0n) is 17.4. The number of carbonyl (C=O) groups is 2. The standard InChI is InChI=1S/C25H18FN3O4/c26-20-7-3-1-6-18(20)15-28-24(30)22(17-9-11-19(12-10-17)29(32)33)23(25(28)31)27-14-13-16-5-2-4-8-21(16)27/h1-12H,13-15H2. The lowest BCUT2D eigenvalue weighted by atomic mass is 10.0. The molecule has 3 aromatic carbocycles. The van der Waals surface area contributed by atoms with Crippen LogP contribution in [0.15, 0.2) is 78.5 Å². The molecule has 2 heterocycles. The number of hydrogen-bond donors (Lipinski definition) is 0. The van der Waals surface area contributed by atoms with Gasteiger partial charge < -0.3 is 4.90 Å². The Bertz CT molecular complexity index is 1330. The predicted octanol–water partition coefficient (Wildman–Crippen LogP) is 4.08. The molecule has 0 saturated carbocycles. The van der Waals surface area contributed by atoms with E-state index < -0.39 is 22.6 Å². The van der Waals surface area contributed by atoms with Crippen LogP contribution in [-0.2, 0) is 22.6 Å². The highest BCUT2D eigenvalue weighted by Crippen LogP contribution is 2.39. The fraction of sp³-hybridized carbons (Fsp3) is 0.120. The highest BCUT2D eigenvalue weighted by molar-refractivity contribution is 6.36.